The van der Waals surface area contributed by atoms with Crippen LogP contribution in [0.2, 0.25) is 0 Å². The van der Waals surface area contributed by atoms with Crippen molar-refractivity contribution < 1.29 is 84.0 Å². The Labute approximate surface area is 304 Å². The molecule has 0 unspecified atom stereocenters. The number of hydrogen-bond donors (Lipinski definition) is 10. The number of aliphatic hydroxyl groups is 6. The van der Waals surface area contributed by atoms with E-state index in [1.54, 1.807) is 0 Å². The maximum atomic E-state index is 14.1. The highest BCUT2D eigenvalue weighted by molar-refractivity contribution is 5.88. The number of aromatic hydroxyl groups is 4. The third kappa shape index (κ3) is 7.82. The van der Waals surface area contributed by atoms with Crippen molar-refractivity contribution in [3.63, 3.8) is 0 Å². The molecular weight excluding hydrogens is 720 g/mol. The van der Waals surface area contributed by atoms with Crippen LogP contribution in [0.5, 0.6) is 28.7 Å². The summed E-state index contributed by atoms with van der Waals surface area (Å²) in [6.07, 6.45) is -16.1. The van der Waals surface area contributed by atoms with E-state index in [1.807, 2.05) is 0 Å². The summed E-state index contributed by atoms with van der Waals surface area (Å²) >= 11 is 0. The molecule has 4 aromatic rings. The lowest BCUT2D eigenvalue weighted by Gasteiger charge is -2.46. The fourth-order valence-electron chi connectivity index (χ4n) is 5.97. The molecule has 6 rings (SSSR count). The van der Waals surface area contributed by atoms with Crippen molar-refractivity contribution in [2.75, 3.05) is 13.2 Å². The summed E-state index contributed by atoms with van der Waals surface area (Å²) in [7, 11) is 0. The molecule has 0 saturated carbocycles. The first kappa shape index (κ1) is 38.4. The SMILES string of the molecule is O=C(C=Cc1ccc(O)cc1)O[C@H]1[C@H](Oc2c(-c3ccc(O)cc3)oc3cc(O)cc(O)c3c2=O)O[C@H](CO)[C@@H](O)[C@@H]1O[C@@H]1O[C@H](CO)[C@@H](O)[C@H](O)[C@H]1O. The van der Waals surface area contributed by atoms with E-state index in [-0.39, 0.29) is 28.4 Å². The number of phenolic OH excluding ortho intramolecular Hbond substituents is 4. The third-order valence-electron chi connectivity index (χ3n) is 8.78. The van der Waals surface area contributed by atoms with Crippen LogP contribution in [-0.2, 0) is 23.7 Å². The highest BCUT2D eigenvalue weighted by Gasteiger charge is 2.53. The van der Waals surface area contributed by atoms with Gasteiger partial charge in [0.15, 0.2) is 18.2 Å². The van der Waals surface area contributed by atoms with Crippen molar-refractivity contribution >= 4 is 23.0 Å². The topological polar surface area (TPSA) is 296 Å². The smallest absolute Gasteiger partial charge is 0.331 e. The van der Waals surface area contributed by atoms with Gasteiger partial charge in [-0.05, 0) is 48.0 Å². The van der Waals surface area contributed by atoms with Crippen molar-refractivity contribution in [3.8, 4) is 40.1 Å². The summed E-state index contributed by atoms with van der Waals surface area (Å²) in [5.74, 6) is -3.49. The molecule has 54 heavy (non-hydrogen) atoms. The van der Waals surface area contributed by atoms with Gasteiger partial charge in [0.1, 0.15) is 76.7 Å². The largest absolute Gasteiger partial charge is 0.508 e. The molecule has 2 aliphatic rings. The normalized spacial score (nSPS) is 28.6. The fraction of sp³-hybridized carbons (Fsp3) is 0.333. The van der Waals surface area contributed by atoms with Gasteiger partial charge in [-0.15, -0.1) is 0 Å². The Morgan fingerprint density at radius 3 is 1.98 bits per heavy atom. The zero-order valence-corrected chi connectivity index (χ0v) is 27.9. The molecule has 0 radical (unpaired) electrons. The molecular formula is C36H36O18. The Hall–Kier alpha value is -5.28. The van der Waals surface area contributed by atoms with E-state index in [9.17, 15) is 60.7 Å². The van der Waals surface area contributed by atoms with E-state index >= 15 is 0 Å². The monoisotopic (exact) mass is 756 g/mol. The van der Waals surface area contributed by atoms with Gasteiger partial charge in [-0.1, -0.05) is 12.1 Å². The van der Waals surface area contributed by atoms with E-state index in [2.05, 4.69) is 0 Å². The average Bonchev–Trinajstić information content (AvgIpc) is 3.14. The van der Waals surface area contributed by atoms with Gasteiger partial charge >= 0.3 is 5.97 Å². The molecule has 0 amide bonds. The Morgan fingerprint density at radius 1 is 0.722 bits per heavy atom. The van der Waals surface area contributed by atoms with Gasteiger partial charge in [0.25, 0.3) is 0 Å². The second-order valence-corrected chi connectivity index (χ2v) is 12.4. The lowest BCUT2D eigenvalue weighted by atomic mass is 9.96. The minimum Gasteiger partial charge on any atom is -0.508 e. The van der Waals surface area contributed by atoms with Crippen molar-refractivity contribution in [1.82, 2.24) is 0 Å². The summed E-state index contributed by atoms with van der Waals surface area (Å²) in [6.45, 7) is -1.76. The van der Waals surface area contributed by atoms with Gasteiger partial charge in [0, 0.05) is 23.8 Å². The quantitative estimate of drug-likeness (QED) is 0.0724. The highest BCUT2D eigenvalue weighted by atomic mass is 16.7. The molecule has 10 N–H and O–H groups in total. The van der Waals surface area contributed by atoms with Crippen LogP contribution < -0.4 is 10.2 Å². The summed E-state index contributed by atoms with van der Waals surface area (Å²) in [4.78, 5) is 27.4. The minimum atomic E-state index is -2.00. The molecule has 2 aliphatic heterocycles. The van der Waals surface area contributed by atoms with Crippen molar-refractivity contribution in [2.24, 2.45) is 0 Å². The zero-order chi connectivity index (χ0) is 38.8. The van der Waals surface area contributed by atoms with Crippen molar-refractivity contribution in [1.29, 1.82) is 0 Å². The predicted molar refractivity (Wildman–Crippen MR) is 181 cm³/mol. The van der Waals surface area contributed by atoms with Gasteiger partial charge in [-0.3, -0.25) is 4.79 Å². The number of phenols is 4. The van der Waals surface area contributed by atoms with Crippen LogP contribution in [0.25, 0.3) is 28.4 Å². The maximum absolute atomic E-state index is 14.1. The summed E-state index contributed by atoms with van der Waals surface area (Å²) in [5.41, 5.74) is -0.744. The number of carbonyl (C=O) groups is 1. The van der Waals surface area contributed by atoms with Gasteiger partial charge in [-0.25, -0.2) is 4.79 Å². The number of ether oxygens (including phenoxy) is 5. The molecule has 0 spiro atoms. The first-order chi connectivity index (χ1) is 25.8. The number of rotatable bonds is 10. The summed E-state index contributed by atoms with van der Waals surface area (Å²) in [5, 5.41) is 102. The molecule has 3 aromatic carbocycles. The average molecular weight is 757 g/mol. The molecule has 0 aliphatic carbocycles. The van der Waals surface area contributed by atoms with Crippen LogP contribution in [0.3, 0.4) is 0 Å². The fourth-order valence-corrected chi connectivity index (χ4v) is 5.97. The first-order valence-electron chi connectivity index (χ1n) is 16.4. The third-order valence-corrected chi connectivity index (χ3v) is 8.78. The van der Waals surface area contributed by atoms with E-state index in [1.165, 1.54) is 54.6 Å². The molecule has 18 heteroatoms. The Balaban J connectivity index is 1.45. The number of esters is 1. The van der Waals surface area contributed by atoms with E-state index in [0.717, 1.165) is 18.2 Å². The Bertz CT molecular complexity index is 2030. The molecule has 18 nitrogen and oxygen atoms in total. The number of aliphatic hydroxyl groups excluding tert-OH is 6. The molecule has 288 valence electrons. The van der Waals surface area contributed by atoms with Crippen LogP contribution in [0.15, 0.2) is 76.0 Å². The molecule has 1 aromatic heterocycles. The van der Waals surface area contributed by atoms with E-state index in [4.69, 9.17) is 28.1 Å². The number of hydrogen-bond acceptors (Lipinski definition) is 18. The van der Waals surface area contributed by atoms with Gasteiger partial charge in [0.2, 0.25) is 17.5 Å². The van der Waals surface area contributed by atoms with Crippen molar-refractivity contribution in [2.45, 2.75) is 61.4 Å². The number of benzene rings is 3. The zero-order valence-electron chi connectivity index (χ0n) is 27.9. The molecule has 10 atom stereocenters. The Morgan fingerprint density at radius 2 is 1.33 bits per heavy atom. The Kier molecular flexibility index (Phi) is 11.4. The van der Waals surface area contributed by atoms with Crippen LogP contribution in [0.1, 0.15) is 5.56 Å². The second kappa shape index (κ2) is 16.0. The molecule has 3 heterocycles. The van der Waals surface area contributed by atoms with Gasteiger partial charge < -0.3 is 79.2 Å². The summed E-state index contributed by atoms with van der Waals surface area (Å²) in [6, 6.07) is 12.8. The van der Waals surface area contributed by atoms with Crippen LogP contribution >= 0.6 is 0 Å². The number of fused-ring (bicyclic) bond motifs is 1. The predicted octanol–water partition coefficient (Wildman–Crippen LogP) is -0.450. The van der Waals surface area contributed by atoms with Gasteiger partial charge in [-0.2, -0.15) is 0 Å². The second-order valence-electron chi connectivity index (χ2n) is 12.4. The maximum Gasteiger partial charge on any atom is 0.331 e. The first-order valence-corrected chi connectivity index (χ1v) is 16.4. The van der Waals surface area contributed by atoms with Crippen LogP contribution in [-0.4, -0.2) is 132 Å². The minimum absolute atomic E-state index is 0.0374. The van der Waals surface area contributed by atoms with E-state index in [0.29, 0.717) is 5.56 Å². The molecule has 2 saturated heterocycles. The lowest BCUT2D eigenvalue weighted by molar-refractivity contribution is -0.353. The number of carbonyl (C=O) groups excluding carboxylic acids is 1. The lowest BCUT2D eigenvalue weighted by Crippen LogP contribution is -2.66. The summed E-state index contributed by atoms with van der Waals surface area (Å²) < 4.78 is 34.8. The van der Waals surface area contributed by atoms with Crippen LogP contribution in [0.4, 0.5) is 0 Å². The van der Waals surface area contributed by atoms with Gasteiger partial charge in [0.05, 0.1) is 13.2 Å². The van der Waals surface area contributed by atoms with E-state index < -0.39 is 109 Å². The van der Waals surface area contributed by atoms with Crippen molar-refractivity contribution in [3.05, 3.63) is 82.5 Å². The highest BCUT2D eigenvalue weighted by Crippen LogP contribution is 2.39. The van der Waals surface area contributed by atoms with Crippen LogP contribution in [0, 0.1) is 0 Å². The molecule has 0 bridgehead atoms. The molecule has 2 fully saturated rings. The standard InChI is InChI=1S/C36H36O18/c37-13-22-26(44)29(47)30(48)35(50-22)53-32-27(45)23(14-38)51-36(34(32)52-24(43)10-3-15-1-6-17(39)7-2-15)54-33-28(46)25-20(42)11-19(41)12-21(25)49-31(33)16-4-8-18(40)9-5-16/h1-12,22-23,26-27,29-30,32,34-42,44-45,47-48H,13-14H2/t22-,23-,26-,27-,29+,30-,32+,34-,35+,36+/m1/s1.